The third-order valence-corrected chi connectivity index (χ3v) is 3.40. The summed E-state index contributed by atoms with van der Waals surface area (Å²) in [6, 6.07) is 3.40. The van der Waals surface area contributed by atoms with Gasteiger partial charge in [-0.05, 0) is 57.3 Å². The van der Waals surface area contributed by atoms with Crippen LogP contribution < -0.4 is 5.73 Å². The normalized spacial score (nSPS) is 9.83. The monoisotopic (exact) mass is 389 g/mol. The number of halogens is 2. The number of carboxylic acids is 1. The Hall–Kier alpha value is -0.0500. The van der Waals surface area contributed by atoms with E-state index in [4.69, 9.17) is 10.8 Å². The molecule has 64 valence electrons. The number of rotatable bonds is 1. The summed E-state index contributed by atoms with van der Waals surface area (Å²) in [6.45, 7) is 0. The summed E-state index contributed by atoms with van der Waals surface area (Å²) in [5.41, 5.74) is 6.35. The Kier molecular flexibility index (Phi) is 3.16. The first-order chi connectivity index (χ1) is 5.54. The maximum Gasteiger partial charge on any atom is 0.337 e. The zero-order valence-corrected chi connectivity index (χ0v) is 10.2. The van der Waals surface area contributed by atoms with E-state index in [2.05, 4.69) is 0 Å². The number of hydrogen-bond donors (Lipinski definition) is 2. The minimum Gasteiger partial charge on any atom is -0.478 e. The third kappa shape index (κ3) is 1.82. The molecule has 0 spiro atoms. The summed E-state index contributed by atoms with van der Waals surface area (Å²) >= 11 is 3.91. The molecule has 3 N–H and O–H groups in total. The Labute approximate surface area is 96.6 Å². The average molecular weight is 389 g/mol. The van der Waals surface area contributed by atoms with Gasteiger partial charge in [0.1, 0.15) is 0 Å². The number of carboxylic acid groups (broad SMARTS) is 1. The van der Waals surface area contributed by atoms with Gasteiger partial charge in [0.2, 0.25) is 0 Å². The van der Waals surface area contributed by atoms with Crippen LogP contribution in [0.25, 0.3) is 0 Å². The van der Waals surface area contributed by atoms with E-state index in [0.717, 1.165) is 0 Å². The Morgan fingerprint density at radius 3 is 2.42 bits per heavy atom. The number of nitrogen functional groups attached to an aromatic ring is 1. The highest BCUT2D eigenvalue weighted by Gasteiger charge is 2.14. The van der Waals surface area contributed by atoms with Gasteiger partial charge in [-0.3, -0.25) is 0 Å². The topological polar surface area (TPSA) is 63.3 Å². The van der Waals surface area contributed by atoms with Crippen LogP contribution in [0.5, 0.6) is 0 Å². The van der Waals surface area contributed by atoms with Crippen molar-refractivity contribution in [2.75, 3.05) is 5.73 Å². The van der Waals surface area contributed by atoms with Crippen LogP contribution in [0.4, 0.5) is 5.69 Å². The molecule has 0 unspecified atom stereocenters. The summed E-state index contributed by atoms with van der Waals surface area (Å²) in [7, 11) is 0. The lowest BCUT2D eigenvalue weighted by Crippen LogP contribution is -2.05. The van der Waals surface area contributed by atoms with E-state index in [1.54, 1.807) is 12.1 Å². The quantitative estimate of drug-likeness (QED) is 0.572. The first-order valence-electron chi connectivity index (χ1n) is 3.01. The Morgan fingerprint density at radius 1 is 1.42 bits per heavy atom. The number of benzene rings is 1. The first-order valence-corrected chi connectivity index (χ1v) is 5.16. The molecule has 0 aliphatic rings. The lowest BCUT2D eigenvalue weighted by Gasteiger charge is -2.04. The van der Waals surface area contributed by atoms with Gasteiger partial charge in [-0.25, -0.2) is 4.79 Å². The van der Waals surface area contributed by atoms with Gasteiger partial charge in [0.05, 0.1) is 9.13 Å². The van der Waals surface area contributed by atoms with Crippen molar-refractivity contribution in [1.82, 2.24) is 0 Å². The predicted octanol–water partition coefficient (Wildman–Crippen LogP) is 2.18. The molecule has 0 saturated carbocycles. The molecule has 0 saturated heterocycles. The standard InChI is InChI=1S/C7H5I2NO2/c8-3-1-2-4(10)6(9)5(3)7(11)12/h1-2H,10H2,(H,11,12). The predicted molar refractivity (Wildman–Crippen MR) is 63.2 cm³/mol. The Morgan fingerprint density at radius 2 is 2.00 bits per heavy atom. The number of aromatic carboxylic acids is 1. The molecule has 0 heterocycles. The lowest BCUT2D eigenvalue weighted by molar-refractivity contribution is 0.0694. The second kappa shape index (κ2) is 3.77. The molecule has 0 bridgehead atoms. The lowest BCUT2D eigenvalue weighted by atomic mass is 10.2. The molecule has 5 heteroatoms. The zero-order valence-electron chi connectivity index (χ0n) is 5.84. The maximum atomic E-state index is 10.7. The van der Waals surface area contributed by atoms with Crippen molar-refractivity contribution >= 4 is 56.8 Å². The fourth-order valence-corrected chi connectivity index (χ4v) is 2.66. The van der Waals surface area contributed by atoms with E-state index in [-0.39, 0.29) is 5.56 Å². The van der Waals surface area contributed by atoms with Gasteiger partial charge in [-0.15, -0.1) is 0 Å². The number of anilines is 1. The van der Waals surface area contributed by atoms with E-state index in [1.807, 2.05) is 45.2 Å². The highest BCUT2D eigenvalue weighted by atomic mass is 127. The second-order valence-electron chi connectivity index (χ2n) is 2.13. The molecule has 0 fully saturated rings. The van der Waals surface area contributed by atoms with Crippen LogP contribution in [-0.2, 0) is 0 Å². The fraction of sp³-hybridized carbons (Fsp3) is 0. The fourth-order valence-electron chi connectivity index (χ4n) is 0.765. The smallest absolute Gasteiger partial charge is 0.337 e. The highest BCUT2D eigenvalue weighted by molar-refractivity contribution is 14.1. The molecular formula is C7H5I2NO2. The summed E-state index contributed by atoms with van der Waals surface area (Å²) < 4.78 is 1.31. The number of nitrogens with two attached hydrogens (primary N) is 1. The average Bonchev–Trinajstić information content (AvgIpc) is 1.97. The Bertz CT molecular complexity index is 338. The summed E-state index contributed by atoms with van der Waals surface area (Å²) in [4.78, 5) is 10.7. The summed E-state index contributed by atoms with van der Waals surface area (Å²) in [5.74, 6) is -0.934. The van der Waals surface area contributed by atoms with Crippen molar-refractivity contribution in [2.24, 2.45) is 0 Å². The minimum absolute atomic E-state index is 0.288. The molecule has 12 heavy (non-hydrogen) atoms. The SMILES string of the molecule is Nc1ccc(I)c(C(=O)O)c1I. The van der Waals surface area contributed by atoms with Crippen LogP contribution in [0, 0.1) is 7.14 Å². The van der Waals surface area contributed by atoms with Crippen LogP contribution in [-0.4, -0.2) is 11.1 Å². The molecule has 0 radical (unpaired) electrons. The van der Waals surface area contributed by atoms with Gasteiger partial charge in [0.15, 0.2) is 0 Å². The van der Waals surface area contributed by atoms with Crippen molar-refractivity contribution in [3.05, 3.63) is 24.8 Å². The summed E-state index contributed by atoms with van der Waals surface area (Å²) in [6.07, 6.45) is 0. The molecule has 0 aliphatic heterocycles. The van der Waals surface area contributed by atoms with E-state index in [0.29, 0.717) is 12.8 Å². The third-order valence-electron chi connectivity index (χ3n) is 1.33. The molecule has 3 nitrogen and oxygen atoms in total. The molecule has 0 atom stereocenters. The highest BCUT2D eigenvalue weighted by Crippen LogP contribution is 2.24. The van der Waals surface area contributed by atoms with Crippen LogP contribution in [0.15, 0.2) is 12.1 Å². The van der Waals surface area contributed by atoms with Gasteiger partial charge in [-0.1, -0.05) is 0 Å². The Balaban J connectivity index is 3.43. The van der Waals surface area contributed by atoms with Crippen molar-refractivity contribution < 1.29 is 9.90 Å². The summed E-state index contributed by atoms with van der Waals surface area (Å²) in [5, 5.41) is 8.81. The van der Waals surface area contributed by atoms with Gasteiger partial charge >= 0.3 is 5.97 Å². The zero-order chi connectivity index (χ0) is 9.30. The first kappa shape index (κ1) is 10.0. The van der Waals surface area contributed by atoms with E-state index >= 15 is 0 Å². The molecule has 0 amide bonds. The van der Waals surface area contributed by atoms with E-state index in [9.17, 15) is 4.79 Å². The van der Waals surface area contributed by atoms with Gasteiger partial charge in [0.25, 0.3) is 0 Å². The van der Waals surface area contributed by atoms with Crippen LogP contribution in [0.3, 0.4) is 0 Å². The largest absolute Gasteiger partial charge is 0.478 e. The maximum absolute atomic E-state index is 10.7. The van der Waals surface area contributed by atoms with E-state index in [1.165, 1.54) is 0 Å². The van der Waals surface area contributed by atoms with Crippen molar-refractivity contribution in [2.45, 2.75) is 0 Å². The van der Waals surface area contributed by atoms with Crippen molar-refractivity contribution in [1.29, 1.82) is 0 Å². The molecule has 0 aromatic heterocycles. The van der Waals surface area contributed by atoms with Crippen LogP contribution in [0.1, 0.15) is 10.4 Å². The van der Waals surface area contributed by atoms with Gasteiger partial charge < -0.3 is 10.8 Å². The van der Waals surface area contributed by atoms with Crippen molar-refractivity contribution in [3.63, 3.8) is 0 Å². The molecule has 1 aromatic carbocycles. The molecular weight excluding hydrogens is 384 g/mol. The second-order valence-corrected chi connectivity index (χ2v) is 4.37. The van der Waals surface area contributed by atoms with Crippen LogP contribution >= 0.6 is 45.2 Å². The van der Waals surface area contributed by atoms with Gasteiger partial charge in [-0.2, -0.15) is 0 Å². The molecule has 0 aliphatic carbocycles. The molecule has 1 aromatic rings. The minimum atomic E-state index is -0.934. The van der Waals surface area contributed by atoms with Gasteiger partial charge in [0, 0.05) is 9.26 Å². The van der Waals surface area contributed by atoms with Crippen LogP contribution in [0.2, 0.25) is 0 Å². The molecule has 1 rings (SSSR count). The number of hydrogen-bond acceptors (Lipinski definition) is 2. The number of carbonyl (C=O) groups is 1. The van der Waals surface area contributed by atoms with E-state index < -0.39 is 5.97 Å². The van der Waals surface area contributed by atoms with Crippen molar-refractivity contribution in [3.8, 4) is 0 Å².